The first-order chi connectivity index (χ1) is 9.93. The molecule has 1 saturated heterocycles. The van der Waals surface area contributed by atoms with E-state index in [0.29, 0.717) is 22.3 Å². The first-order valence-electron chi connectivity index (χ1n) is 7.09. The summed E-state index contributed by atoms with van der Waals surface area (Å²) in [6, 6.07) is 5.21. The maximum Gasteiger partial charge on any atom is 0.238 e. The normalized spacial score (nSPS) is 18.5. The standard InChI is InChI=1S/C15H21Cl2N3O/c1-15(18-2)6-8-20(9-7-15)10-13(21)19-12-5-3-4-11(16)14(12)17/h3-5,18H,6-10H2,1-2H3,(H,19,21). The van der Waals surface area contributed by atoms with Crippen molar-refractivity contribution in [3.05, 3.63) is 28.2 Å². The highest BCUT2D eigenvalue weighted by Gasteiger charge is 2.28. The van der Waals surface area contributed by atoms with Crippen LogP contribution in [0.4, 0.5) is 5.69 Å². The van der Waals surface area contributed by atoms with E-state index in [1.165, 1.54) is 0 Å². The zero-order valence-electron chi connectivity index (χ0n) is 12.4. The van der Waals surface area contributed by atoms with Gasteiger partial charge in [0.05, 0.1) is 22.3 Å². The summed E-state index contributed by atoms with van der Waals surface area (Å²) in [5.74, 6) is -0.0628. The predicted molar refractivity (Wildman–Crippen MR) is 88.2 cm³/mol. The average molecular weight is 330 g/mol. The van der Waals surface area contributed by atoms with Crippen LogP contribution in [0.3, 0.4) is 0 Å². The molecule has 0 unspecified atom stereocenters. The van der Waals surface area contributed by atoms with E-state index in [4.69, 9.17) is 23.2 Å². The van der Waals surface area contributed by atoms with E-state index in [2.05, 4.69) is 22.5 Å². The monoisotopic (exact) mass is 329 g/mol. The fourth-order valence-electron chi connectivity index (χ4n) is 2.45. The topological polar surface area (TPSA) is 44.4 Å². The quantitative estimate of drug-likeness (QED) is 0.892. The van der Waals surface area contributed by atoms with Crippen LogP contribution >= 0.6 is 23.2 Å². The summed E-state index contributed by atoms with van der Waals surface area (Å²) in [4.78, 5) is 14.3. The molecule has 116 valence electrons. The van der Waals surface area contributed by atoms with E-state index in [0.717, 1.165) is 25.9 Å². The van der Waals surface area contributed by atoms with E-state index >= 15 is 0 Å². The fraction of sp³-hybridized carbons (Fsp3) is 0.533. The van der Waals surface area contributed by atoms with Crippen molar-refractivity contribution in [2.75, 3.05) is 32.0 Å². The van der Waals surface area contributed by atoms with Crippen LogP contribution in [0.25, 0.3) is 0 Å². The van der Waals surface area contributed by atoms with Crippen molar-refractivity contribution in [2.45, 2.75) is 25.3 Å². The number of carbonyl (C=O) groups excluding carboxylic acids is 1. The number of anilines is 1. The van der Waals surface area contributed by atoms with Crippen LogP contribution in [0.15, 0.2) is 18.2 Å². The maximum atomic E-state index is 12.1. The molecule has 2 rings (SSSR count). The van der Waals surface area contributed by atoms with Gasteiger partial charge in [0, 0.05) is 18.6 Å². The number of hydrogen-bond acceptors (Lipinski definition) is 3. The smallest absolute Gasteiger partial charge is 0.238 e. The summed E-state index contributed by atoms with van der Waals surface area (Å²) in [5.41, 5.74) is 0.745. The van der Waals surface area contributed by atoms with E-state index in [-0.39, 0.29) is 11.4 Å². The molecular weight excluding hydrogens is 309 g/mol. The molecule has 4 nitrogen and oxygen atoms in total. The minimum Gasteiger partial charge on any atom is -0.324 e. The number of amides is 1. The van der Waals surface area contributed by atoms with Crippen molar-refractivity contribution in [1.29, 1.82) is 0 Å². The van der Waals surface area contributed by atoms with Crippen LogP contribution in [-0.4, -0.2) is 43.0 Å². The lowest BCUT2D eigenvalue weighted by Crippen LogP contribution is -2.51. The minimum atomic E-state index is -0.0628. The summed E-state index contributed by atoms with van der Waals surface area (Å²) in [5, 5.41) is 6.99. The van der Waals surface area contributed by atoms with Crippen LogP contribution in [0.5, 0.6) is 0 Å². The van der Waals surface area contributed by atoms with E-state index in [1.54, 1.807) is 18.2 Å². The number of likely N-dealkylation sites (tertiary alicyclic amines) is 1. The van der Waals surface area contributed by atoms with Crippen LogP contribution in [-0.2, 0) is 4.79 Å². The summed E-state index contributed by atoms with van der Waals surface area (Å²) in [6.07, 6.45) is 2.07. The highest BCUT2D eigenvalue weighted by atomic mass is 35.5. The highest BCUT2D eigenvalue weighted by Crippen LogP contribution is 2.29. The minimum absolute atomic E-state index is 0.0628. The molecule has 21 heavy (non-hydrogen) atoms. The molecule has 0 aliphatic carbocycles. The summed E-state index contributed by atoms with van der Waals surface area (Å²) < 4.78 is 0. The lowest BCUT2D eigenvalue weighted by Gasteiger charge is -2.39. The van der Waals surface area contributed by atoms with Crippen LogP contribution in [0.2, 0.25) is 10.0 Å². The largest absolute Gasteiger partial charge is 0.324 e. The Morgan fingerprint density at radius 2 is 2.00 bits per heavy atom. The predicted octanol–water partition coefficient (Wildman–Crippen LogP) is 3.01. The Bertz CT molecular complexity index is 514. The number of carbonyl (C=O) groups is 1. The second-order valence-electron chi connectivity index (χ2n) is 5.74. The lowest BCUT2D eigenvalue weighted by molar-refractivity contribution is -0.117. The number of benzene rings is 1. The number of nitrogens with zero attached hydrogens (tertiary/aromatic N) is 1. The van der Waals surface area contributed by atoms with Gasteiger partial charge in [0.1, 0.15) is 0 Å². The Morgan fingerprint density at radius 3 is 2.62 bits per heavy atom. The van der Waals surface area contributed by atoms with Crippen LogP contribution < -0.4 is 10.6 Å². The first-order valence-corrected chi connectivity index (χ1v) is 7.84. The molecule has 1 aliphatic rings. The third-order valence-corrected chi connectivity index (χ3v) is 4.97. The molecule has 1 aliphatic heterocycles. The van der Waals surface area contributed by atoms with Crippen molar-refractivity contribution >= 4 is 34.8 Å². The highest BCUT2D eigenvalue weighted by molar-refractivity contribution is 6.43. The van der Waals surface area contributed by atoms with Crippen molar-refractivity contribution in [3.8, 4) is 0 Å². The van der Waals surface area contributed by atoms with Crippen molar-refractivity contribution in [2.24, 2.45) is 0 Å². The van der Waals surface area contributed by atoms with Gasteiger partial charge in [0.2, 0.25) is 5.91 Å². The van der Waals surface area contributed by atoms with Crippen LogP contribution in [0.1, 0.15) is 19.8 Å². The van der Waals surface area contributed by atoms with Gasteiger partial charge in [-0.1, -0.05) is 29.3 Å². The molecule has 1 fully saturated rings. The second kappa shape index (κ2) is 6.97. The number of piperidine rings is 1. The fourth-order valence-corrected chi connectivity index (χ4v) is 2.80. The van der Waals surface area contributed by atoms with Crippen molar-refractivity contribution in [1.82, 2.24) is 10.2 Å². The Kier molecular flexibility index (Phi) is 5.49. The Morgan fingerprint density at radius 1 is 1.33 bits per heavy atom. The van der Waals surface area contributed by atoms with Gasteiger partial charge in [-0.3, -0.25) is 9.69 Å². The number of nitrogens with one attached hydrogen (secondary N) is 2. The molecule has 0 aromatic heterocycles. The maximum absolute atomic E-state index is 12.1. The average Bonchev–Trinajstić information content (AvgIpc) is 2.47. The molecule has 0 spiro atoms. The summed E-state index contributed by atoms with van der Waals surface area (Å²) in [6.45, 7) is 4.42. The molecule has 0 saturated carbocycles. The molecule has 1 heterocycles. The zero-order chi connectivity index (χ0) is 15.5. The molecule has 1 amide bonds. The molecule has 6 heteroatoms. The SMILES string of the molecule is CNC1(C)CCN(CC(=O)Nc2cccc(Cl)c2Cl)CC1. The Hall–Kier alpha value is -0.810. The van der Waals surface area contributed by atoms with E-state index < -0.39 is 0 Å². The van der Waals surface area contributed by atoms with Gasteiger partial charge in [-0.05, 0) is 38.9 Å². The Labute approximate surface area is 135 Å². The van der Waals surface area contributed by atoms with Gasteiger partial charge in [-0.2, -0.15) is 0 Å². The molecule has 0 bridgehead atoms. The molecule has 1 aromatic rings. The van der Waals surface area contributed by atoms with Gasteiger partial charge in [0.15, 0.2) is 0 Å². The Balaban J connectivity index is 1.87. The number of hydrogen-bond donors (Lipinski definition) is 2. The van der Waals surface area contributed by atoms with Gasteiger partial charge in [-0.25, -0.2) is 0 Å². The number of halogens is 2. The summed E-state index contributed by atoms with van der Waals surface area (Å²) in [7, 11) is 1.99. The lowest BCUT2D eigenvalue weighted by atomic mass is 9.90. The van der Waals surface area contributed by atoms with Gasteiger partial charge in [0.25, 0.3) is 0 Å². The first kappa shape index (κ1) is 16.6. The number of rotatable bonds is 4. The summed E-state index contributed by atoms with van der Waals surface area (Å²) >= 11 is 12.0. The van der Waals surface area contributed by atoms with Crippen LogP contribution in [0, 0.1) is 0 Å². The third kappa shape index (κ3) is 4.33. The van der Waals surface area contributed by atoms with Gasteiger partial charge in [-0.15, -0.1) is 0 Å². The van der Waals surface area contributed by atoms with Gasteiger partial charge < -0.3 is 10.6 Å². The van der Waals surface area contributed by atoms with E-state index in [1.807, 2.05) is 7.05 Å². The van der Waals surface area contributed by atoms with Gasteiger partial charge >= 0.3 is 0 Å². The third-order valence-electron chi connectivity index (χ3n) is 4.16. The van der Waals surface area contributed by atoms with Crippen molar-refractivity contribution < 1.29 is 4.79 Å². The molecule has 0 atom stereocenters. The van der Waals surface area contributed by atoms with Crippen molar-refractivity contribution in [3.63, 3.8) is 0 Å². The molecular formula is C15H21Cl2N3O. The molecule has 2 N–H and O–H groups in total. The van der Waals surface area contributed by atoms with E-state index in [9.17, 15) is 4.79 Å². The second-order valence-corrected chi connectivity index (χ2v) is 6.52. The molecule has 0 radical (unpaired) electrons. The zero-order valence-corrected chi connectivity index (χ0v) is 13.9. The molecule has 1 aromatic carbocycles.